The first-order valence-corrected chi connectivity index (χ1v) is 5.64. The average molecular weight is 262 g/mol. The monoisotopic (exact) mass is 261 g/mol. The summed E-state index contributed by atoms with van der Waals surface area (Å²) in [6.07, 6.45) is 3.06. The summed E-state index contributed by atoms with van der Waals surface area (Å²) in [6, 6.07) is 1.87. The summed E-state index contributed by atoms with van der Waals surface area (Å²) < 4.78 is 6.21. The Morgan fingerprint density at radius 1 is 1.64 bits per heavy atom. The molecule has 1 aromatic heterocycles. The van der Waals surface area contributed by atoms with Crippen molar-refractivity contribution in [3.63, 3.8) is 0 Å². The fourth-order valence-electron chi connectivity index (χ4n) is 1.13. The molecule has 0 aliphatic carbocycles. The lowest BCUT2D eigenvalue weighted by Gasteiger charge is -2.07. The summed E-state index contributed by atoms with van der Waals surface area (Å²) in [5, 5.41) is 12.5. The van der Waals surface area contributed by atoms with Gasteiger partial charge in [0.1, 0.15) is 5.76 Å². The summed E-state index contributed by atoms with van der Waals surface area (Å²) >= 11 is 3.38. The topological polar surface area (TPSA) is 45.4 Å². The summed E-state index contributed by atoms with van der Waals surface area (Å²) in [5.41, 5.74) is 0. The van der Waals surface area contributed by atoms with Gasteiger partial charge in [0.05, 0.1) is 23.4 Å². The van der Waals surface area contributed by atoms with Crippen LogP contribution < -0.4 is 5.32 Å². The zero-order valence-electron chi connectivity index (χ0n) is 8.29. The third kappa shape index (κ3) is 3.82. The molecule has 2 N–H and O–H groups in total. The zero-order valence-corrected chi connectivity index (χ0v) is 9.88. The first-order chi connectivity index (χ1) is 6.74. The van der Waals surface area contributed by atoms with Crippen LogP contribution >= 0.6 is 15.9 Å². The fraction of sp³-hybridized carbons (Fsp3) is 0.600. The van der Waals surface area contributed by atoms with Crippen molar-refractivity contribution in [1.82, 2.24) is 5.32 Å². The highest BCUT2D eigenvalue weighted by Crippen LogP contribution is 2.16. The lowest BCUT2D eigenvalue weighted by atomic mass is 10.2. The smallest absolute Gasteiger partial charge is 0.131 e. The first-order valence-electron chi connectivity index (χ1n) is 4.84. The molecular formula is C10H16BrNO2. The Kier molecular flexibility index (Phi) is 5.22. The Morgan fingerprint density at radius 2 is 2.43 bits per heavy atom. The molecule has 0 saturated carbocycles. The third-order valence-corrected chi connectivity index (χ3v) is 2.81. The number of hydrogen-bond donors (Lipinski definition) is 2. The number of furan rings is 1. The van der Waals surface area contributed by atoms with E-state index in [-0.39, 0.29) is 6.10 Å². The van der Waals surface area contributed by atoms with E-state index >= 15 is 0 Å². The van der Waals surface area contributed by atoms with E-state index in [9.17, 15) is 5.11 Å². The van der Waals surface area contributed by atoms with Crippen molar-refractivity contribution >= 4 is 15.9 Å². The summed E-state index contributed by atoms with van der Waals surface area (Å²) in [6.45, 7) is 3.49. The molecule has 0 spiro atoms. The van der Waals surface area contributed by atoms with Crippen LogP contribution in [-0.2, 0) is 6.54 Å². The predicted molar refractivity (Wildman–Crippen MR) is 59.0 cm³/mol. The van der Waals surface area contributed by atoms with Crippen LogP contribution in [-0.4, -0.2) is 17.8 Å². The van der Waals surface area contributed by atoms with Crippen molar-refractivity contribution in [2.75, 3.05) is 6.54 Å². The van der Waals surface area contributed by atoms with Crippen LogP contribution in [0.3, 0.4) is 0 Å². The molecule has 1 atom stereocenters. The summed E-state index contributed by atoms with van der Waals surface area (Å²) in [4.78, 5) is 0. The number of aliphatic hydroxyl groups excluding tert-OH is 1. The van der Waals surface area contributed by atoms with Gasteiger partial charge >= 0.3 is 0 Å². The Labute approximate surface area is 92.6 Å². The van der Waals surface area contributed by atoms with E-state index in [1.807, 2.05) is 13.0 Å². The Morgan fingerprint density at radius 3 is 3.00 bits per heavy atom. The van der Waals surface area contributed by atoms with Gasteiger partial charge in [-0.1, -0.05) is 6.92 Å². The molecule has 0 fully saturated rings. The quantitative estimate of drug-likeness (QED) is 0.773. The standard InChI is InChI=1S/C10H16BrNO2/c1-2-8(13)3-5-12-7-10-9(11)4-6-14-10/h4,6,8,12-13H,2-3,5,7H2,1H3. The van der Waals surface area contributed by atoms with Crippen LogP contribution in [0.1, 0.15) is 25.5 Å². The summed E-state index contributed by atoms with van der Waals surface area (Å²) in [5.74, 6) is 0.899. The normalized spacial score (nSPS) is 13.1. The van der Waals surface area contributed by atoms with E-state index in [1.165, 1.54) is 0 Å². The second-order valence-electron chi connectivity index (χ2n) is 3.22. The summed E-state index contributed by atoms with van der Waals surface area (Å²) in [7, 11) is 0. The third-order valence-electron chi connectivity index (χ3n) is 2.10. The SMILES string of the molecule is CCC(O)CCNCc1occc1Br. The van der Waals surface area contributed by atoms with Gasteiger partial charge in [-0.15, -0.1) is 0 Å². The molecular weight excluding hydrogens is 246 g/mol. The first kappa shape index (κ1) is 11.8. The highest BCUT2D eigenvalue weighted by Gasteiger charge is 2.03. The molecule has 0 radical (unpaired) electrons. The van der Waals surface area contributed by atoms with E-state index in [0.717, 1.165) is 29.6 Å². The maximum atomic E-state index is 9.30. The van der Waals surface area contributed by atoms with Crippen LogP contribution in [0.5, 0.6) is 0 Å². The van der Waals surface area contributed by atoms with Crippen LogP contribution in [0.15, 0.2) is 21.2 Å². The van der Waals surface area contributed by atoms with Gasteiger partial charge in [-0.05, 0) is 41.4 Å². The minimum Gasteiger partial charge on any atom is -0.467 e. The molecule has 80 valence electrons. The van der Waals surface area contributed by atoms with Gasteiger partial charge in [-0.25, -0.2) is 0 Å². The number of nitrogens with one attached hydrogen (secondary N) is 1. The van der Waals surface area contributed by atoms with Crippen molar-refractivity contribution in [2.45, 2.75) is 32.4 Å². The van der Waals surface area contributed by atoms with Crippen molar-refractivity contribution in [1.29, 1.82) is 0 Å². The number of halogens is 1. The molecule has 14 heavy (non-hydrogen) atoms. The van der Waals surface area contributed by atoms with Crippen molar-refractivity contribution in [2.24, 2.45) is 0 Å². The minimum atomic E-state index is -0.192. The number of aliphatic hydroxyl groups is 1. The van der Waals surface area contributed by atoms with Crippen molar-refractivity contribution < 1.29 is 9.52 Å². The molecule has 0 aromatic carbocycles. The van der Waals surface area contributed by atoms with Crippen molar-refractivity contribution in [3.8, 4) is 0 Å². The molecule has 0 amide bonds. The molecule has 1 rings (SSSR count). The zero-order chi connectivity index (χ0) is 10.4. The lowest BCUT2D eigenvalue weighted by molar-refractivity contribution is 0.159. The Bertz CT molecular complexity index is 262. The van der Waals surface area contributed by atoms with Crippen LogP contribution in [0.2, 0.25) is 0 Å². The van der Waals surface area contributed by atoms with Gasteiger partial charge in [-0.2, -0.15) is 0 Å². The molecule has 1 aromatic rings. The van der Waals surface area contributed by atoms with Crippen LogP contribution in [0.25, 0.3) is 0 Å². The van der Waals surface area contributed by atoms with Crippen LogP contribution in [0, 0.1) is 0 Å². The van der Waals surface area contributed by atoms with Gasteiger partial charge in [-0.3, -0.25) is 0 Å². The minimum absolute atomic E-state index is 0.192. The molecule has 0 bridgehead atoms. The Balaban J connectivity index is 2.13. The number of rotatable bonds is 6. The van der Waals surface area contributed by atoms with E-state index in [2.05, 4.69) is 21.2 Å². The van der Waals surface area contributed by atoms with Crippen molar-refractivity contribution in [3.05, 3.63) is 22.6 Å². The average Bonchev–Trinajstić information content (AvgIpc) is 2.58. The molecule has 4 heteroatoms. The maximum Gasteiger partial charge on any atom is 0.131 e. The Hall–Kier alpha value is -0.320. The van der Waals surface area contributed by atoms with E-state index in [0.29, 0.717) is 6.54 Å². The second-order valence-corrected chi connectivity index (χ2v) is 4.07. The van der Waals surface area contributed by atoms with Gasteiger partial charge in [0.25, 0.3) is 0 Å². The lowest BCUT2D eigenvalue weighted by Crippen LogP contribution is -2.19. The van der Waals surface area contributed by atoms with E-state index < -0.39 is 0 Å². The fourth-order valence-corrected chi connectivity index (χ4v) is 1.47. The maximum absolute atomic E-state index is 9.30. The highest BCUT2D eigenvalue weighted by molar-refractivity contribution is 9.10. The number of hydrogen-bond acceptors (Lipinski definition) is 3. The molecule has 1 heterocycles. The molecule has 3 nitrogen and oxygen atoms in total. The van der Waals surface area contributed by atoms with Gasteiger partial charge in [0.15, 0.2) is 0 Å². The van der Waals surface area contributed by atoms with Crippen LogP contribution in [0.4, 0.5) is 0 Å². The van der Waals surface area contributed by atoms with E-state index in [4.69, 9.17) is 4.42 Å². The van der Waals surface area contributed by atoms with E-state index in [1.54, 1.807) is 6.26 Å². The second kappa shape index (κ2) is 6.22. The largest absolute Gasteiger partial charge is 0.467 e. The van der Waals surface area contributed by atoms with Gasteiger partial charge < -0.3 is 14.8 Å². The van der Waals surface area contributed by atoms with Gasteiger partial charge in [0.2, 0.25) is 0 Å². The molecule has 0 aliphatic rings. The predicted octanol–water partition coefficient (Wildman–Crippen LogP) is 2.29. The molecule has 0 saturated heterocycles. The molecule has 0 aliphatic heterocycles. The van der Waals surface area contributed by atoms with Gasteiger partial charge in [0, 0.05) is 0 Å². The highest BCUT2D eigenvalue weighted by atomic mass is 79.9. The molecule has 1 unspecified atom stereocenters.